The normalized spacial score (nSPS) is 10.5. The minimum atomic E-state index is 0.628. The highest BCUT2D eigenvalue weighted by molar-refractivity contribution is 6.32. The Labute approximate surface area is 118 Å². The first-order chi connectivity index (χ1) is 9.20. The summed E-state index contributed by atoms with van der Waals surface area (Å²) in [6, 6.07) is 7.72. The van der Waals surface area contributed by atoms with Gasteiger partial charge in [0.25, 0.3) is 0 Å². The average molecular weight is 280 g/mol. The van der Waals surface area contributed by atoms with Crippen molar-refractivity contribution in [3.63, 3.8) is 0 Å². The Hall–Kier alpha value is -1.68. The fourth-order valence-electron chi connectivity index (χ4n) is 1.71. The maximum atomic E-state index is 6.17. The minimum absolute atomic E-state index is 0.628. The lowest BCUT2D eigenvalue weighted by Crippen LogP contribution is -2.05. The Balaban J connectivity index is 1.98. The first kappa shape index (κ1) is 13.7. The van der Waals surface area contributed by atoms with Crippen molar-refractivity contribution in [3.05, 3.63) is 41.2 Å². The van der Waals surface area contributed by atoms with Gasteiger partial charge in [0.2, 0.25) is 0 Å². The molecule has 0 saturated heterocycles. The summed E-state index contributed by atoms with van der Waals surface area (Å²) >= 11 is 6.17. The SMILES string of the molecule is CCCOc1ccc(NCc2ccnn2C)cc1Cl. The number of anilines is 1. The number of aryl methyl sites for hydroxylation is 1. The van der Waals surface area contributed by atoms with E-state index in [1.807, 2.05) is 36.0 Å². The van der Waals surface area contributed by atoms with E-state index in [-0.39, 0.29) is 0 Å². The van der Waals surface area contributed by atoms with Crippen molar-refractivity contribution >= 4 is 17.3 Å². The van der Waals surface area contributed by atoms with Crippen LogP contribution in [0.3, 0.4) is 0 Å². The summed E-state index contributed by atoms with van der Waals surface area (Å²) in [5, 5.41) is 8.06. The molecule has 0 spiro atoms. The van der Waals surface area contributed by atoms with Crippen LogP contribution in [0.15, 0.2) is 30.5 Å². The molecule has 5 heteroatoms. The van der Waals surface area contributed by atoms with E-state index in [2.05, 4.69) is 17.3 Å². The summed E-state index contributed by atoms with van der Waals surface area (Å²) in [5.41, 5.74) is 2.08. The van der Waals surface area contributed by atoms with Gasteiger partial charge in [-0.3, -0.25) is 4.68 Å². The average Bonchev–Trinajstić information content (AvgIpc) is 2.81. The quantitative estimate of drug-likeness (QED) is 0.880. The summed E-state index contributed by atoms with van der Waals surface area (Å²) in [4.78, 5) is 0. The topological polar surface area (TPSA) is 39.1 Å². The number of halogens is 1. The van der Waals surface area contributed by atoms with Crippen molar-refractivity contribution in [3.8, 4) is 5.75 Å². The maximum Gasteiger partial charge on any atom is 0.138 e. The summed E-state index contributed by atoms with van der Waals surface area (Å²) in [7, 11) is 1.92. The van der Waals surface area contributed by atoms with Crippen LogP contribution in [0, 0.1) is 0 Å². The fraction of sp³-hybridized carbons (Fsp3) is 0.357. The molecule has 1 aromatic heterocycles. The molecule has 2 rings (SSSR count). The third-order valence-corrected chi connectivity index (χ3v) is 3.09. The first-order valence-corrected chi connectivity index (χ1v) is 6.71. The van der Waals surface area contributed by atoms with Gasteiger partial charge < -0.3 is 10.1 Å². The van der Waals surface area contributed by atoms with Crippen LogP contribution in [-0.2, 0) is 13.6 Å². The molecule has 0 amide bonds. The Bertz CT molecular complexity index is 539. The Morgan fingerprint density at radius 3 is 2.84 bits per heavy atom. The van der Waals surface area contributed by atoms with Gasteiger partial charge in [0, 0.05) is 18.9 Å². The number of rotatable bonds is 6. The molecule has 0 bridgehead atoms. The standard InChI is InChI=1S/C14H18ClN3O/c1-3-8-19-14-5-4-11(9-13(14)15)16-10-12-6-7-17-18(12)2/h4-7,9,16H,3,8,10H2,1-2H3. The van der Waals surface area contributed by atoms with E-state index in [1.54, 1.807) is 6.20 Å². The molecule has 0 aliphatic heterocycles. The predicted octanol–water partition coefficient (Wildman–Crippen LogP) is 3.47. The third-order valence-electron chi connectivity index (χ3n) is 2.79. The monoisotopic (exact) mass is 279 g/mol. The van der Waals surface area contributed by atoms with E-state index in [9.17, 15) is 0 Å². The van der Waals surface area contributed by atoms with Crippen molar-refractivity contribution < 1.29 is 4.74 Å². The second-order valence-corrected chi connectivity index (χ2v) is 4.70. The third kappa shape index (κ3) is 3.64. The van der Waals surface area contributed by atoms with Crippen LogP contribution in [-0.4, -0.2) is 16.4 Å². The smallest absolute Gasteiger partial charge is 0.138 e. The highest BCUT2D eigenvalue weighted by atomic mass is 35.5. The Morgan fingerprint density at radius 1 is 1.37 bits per heavy atom. The van der Waals surface area contributed by atoms with Gasteiger partial charge in [-0.05, 0) is 30.7 Å². The molecular weight excluding hydrogens is 262 g/mol. The van der Waals surface area contributed by atoms with Gasteiger partial charge in [-0.1, -0.05) is 18.5 Å². The molecule has 0 aliphatic carbocycles. The van der Waals surface area contributed by atoms with Gasteiger partial charge in [-0.25, -0.2) is 0 Å². The zero-order valence-corrected chi connectivity index (χ0v) is 11.9. The molecule has 4 nitrogen and oxygen atoms in total. The summed E-state index contributed by atoms with van der Waals surface area (Å²) in [6.07, 6.45) is 2.75. The summed E-state index contributed by atoms with van der Waals surface area (Å²) in [5.74, 6) is 0.731. The molecule has 0 atom stereocenters. The maximum absolute atomic E-state index is 6.17. The van der Waals surface area contributed by atoms with E-state index in [0.717, 1.165) is 23.6 Å². The van der Waals surface area contributed by atoms with Crippen molar-refractivity contribution in [2.45, 2.75) is 19.9 Å². The molecule has 0 unspecified atom stereocenters. The largest absolute Gasteiger partial charge is 0.492 e. The molecule has 1 N–H and O–H groups in total. The highest BCUT2D eigenvalue weighted by Crippen LogP contribution is 2.28. The lowest BCUT2D eigenvalue weighted by molar-refractivity contribution is 0.317. The van der Waals surface area contributed by atoms with E-state index in [0.29, 0.717) is 18.2 Å². The van der Waals surface area contributed by atoms with Crippen LogP contribution >= 0.6 is 11.6 Å². The molecule has 0 saturated carbocycles. The van der Waals surface area contributed by atoms with Gasteiger partial charge in [0.15, 0.2) is 0 Å². The van der Waals surface area contributed by atoms with Crippen LogP contribution < -0.4 is 10.1 Å². The molecule has 102 valence electrons. The summed E-state index contributed by atoms with van der Waals surface area (Å²) < 4.78 is 7.38. The molecule has 0 aliphatic rings. The number of aromatic nitrogens is 2. The minimum Gasteiger partial charge on any atom is -0.492 e. The van der Waals surface area contributed by atoms with Crippen LogP contribution in [0.2, 0.25) is 5.02 Å². The van der Waals surface area contributed by atoms with Crippen molar-refractivity contribution in [1.82, 2.24) is 9.78 Å². The van der Waals surface area contributed by atoms with Crippen LogP contribution in [0.4, 0.5) is 5.69 Å². The van der Waals surface area contributed by atoms with Crippen molar-refractivity contribution in [2.24, 2.45) is 7.05 Å². The van der Waals surface area contributed by atoms with E-state index in [4.69, 9.17) is 16.3 Å². The highest BCUT2D eigenvalue weighted by Gasteiger charge is 2.04. The predicted molar refractivity (Wildman–Crippen MR) is 77.8 cm³/mol. The lowest BCUT2D eigenvalue weighted by Gasteiger charge is -2.10. The second-order valence-electron chi connectivity index (χ2n) is 4.29. The van der Waals surface area contributed by atoms with Crippen LogP contribution in [0.1, 0.15) is 19.0 Å². The Morgan fingerprint density at radius 2 is 2.21 bits per heavy atom. The van der Waals surface area contributed by atoms with E-state index < -0.39 is 0 Å². The second kappa shape index (κ2) is 6.48. The van der Waals surface area contributed by atoms with Crippen molar-refractivity contribution in [2.75, 3.05) is 11.9 Å². The van der Waals surface area contributed by atoms with Crippen LogP contribution in [0.25, 0.3) is 0 Å². The molecule has 1 heterocycles. The first-order valence-electron chi connectivity index (χ1n) is 6.34. The number of benzene rings is 1. The number of nitrogens with zero attached hydrogens (tertiary/aromatic N) is 2. The Kier molecular flexibility index (Phi) is 4.68. The number of hydrogen-bond acceptors (Lipinski definition) is 3. The molecule has 0 radical (unpaired) electrons. The number of nitrogens with one attached hydrogen (secondary N) is 1. The van der Waals surface area contributed by atoms with Gasteiger partial charge in [0.05, 0.1) is 23.9 Å². The molecule has 2 aromatic rings. The molecular formula is C14H18ClN3O. The number of ether oxygens (including phenoxy) is 1. The molecule has 0 fully saturated rings. The summed E-state index contributed by atoms with van der Waals surface area (Å²) in [6.45, 7) is 3.46. The van der Waals surface area contributed by atoms with Gasteiger partial charge in [0.1, 0.15) is 5.75 Å². The van der Waals surface area contributed by atoms with Gasteiger partial charge >= 0.3 is 0 Å². The van der Waals surface area contributed by atoms with Crippen LogP contribution in [0.5, 0.6) is 5.75 Å². The molecule has 19 heavy (non-hydrogen) atoms. The fourth-order valence-corrected chi connectivity index (χ4v) is 1.94. The van der Waals surface area contributed by atoms with Gasteiger partial charge in [-0.2, -0.15) is 5.10 Å². The van der Waals surface area contributed by atoms with Crippen molar-refractivity contribution in [1.29, 1.82) is 0 Å². The zero-order valence-electron chi connectivity index (χ0n) is 11.2. The number of hydrogen-bond donors (Lipinski definition) is 1. The molecule has 1 aromatic carbocycles. The zero-order chi connectivity index (χ0) is 13.7. The lowest BCUT2D eigenvalue weighted by atomic mass is 10.3. The van der Waals surface area contributed by atoms with Gasteiger partial charge in [-0.15, -0.1) is 0 Å². The van der Waals surface area contributed by atoms with E-state index >= 15 is 0 Å². The van der Waals surface area contributed by atoms with E-state index in [1.165, 1.54) is 0 Å².